The van der Waals surface area contributed by atoms with Gasteiger partial charge < -0.3 is 15.1 Å². The maximum absolute atomic E-state index is 5.69. The Morgan fingerprint density at radius 2 is 2.35 bits per heavy atom. The molecule has 1 aliphatic rings. The topological polar surface area (TPSA) is 62.5 Å². The molecule has 1 unspecified atom stereocenters. The van der Waals surface area contributed by atoms with E-state index in [1.807, 2.05) is 6.92 Å². The summed E-state index contributed by atoms with van der Waals surface area (Å²) in [5, 5.41) is 6.48. The Morgan fingerprint density at radius 1 is 1.53 bits per heavy atom. The summed E-state index contributed by atoms with van der Waals surface area (Å²) >= 11 is 0. The van der Waals surface area contributed by atoms with E-state index in [0.29, 0.717) is 12.6 Å². The van der Waals surface area contributed by atoms with Crippen LogP contribution >= 0.6 is 0 Å². The first kappa shape index (κ1) is 12.0. The molecule has 5 heteroatoms. The van der Waals surface area contributed by atoms with Crippen LogP contribution in [0.3, 0.4) is 0 Å². The van der Waals surface area contributed by atoms with Gasteiger partial charge in [-0.3, -0.25) is 4.99 Å². The predicted octanol–water partition coefficient (Wildman–Crippen LogP) is 1.37. The van der Waals surface area contributed by atoms with Crippen molar-refractivity contribution >= 4 is 5.96 Å². The second kappa shape index (κ2) is 5.21. The summed E-state index contributed by atoms with van der Waals surface area (Å²) in [7, 11) is 0. The third kappa shape index (κ3) is 2.99. The summed E-state index contributed by atoms with van der Waals surface area (Å²) in [6.45, 7) is 7.68. The van der Waals surface area contributed by atoms with Gasteiger partial charge in [-0.15, -0.1) is 0 Å². The van der Waals surface area contributed by atoms with Crippen LogP contribution in [-0.2, 0) is 13.0 Å². The molecule has 0 aliphatic carbocycles. The fraction of sp³-hybridized carbons (Fsp3) is 0.667. The van der Waals surface area contributed by atoms with Crippen molar-refractivity contribution in [3.8, 4) is 0 Å². The molecule has 5 nitrogen and oxygen atoms in total. The molecule has 0 bridgehead atoms. The number of aryl methyl sites for hydroxylation is 2. The summed E-state index contributed by atoms with van der Waals surface area (Å²) in [6.07, 6.45) is 1.95. The van der Waals surface area contributed by atoms with Crippen molar-refractivity contribution in [1.82, 2.24) is 15.6 Å². The van der Waals surface area contributed by atoms with Crippen molar-refractivity contribution in [3.05, 3.63) is 17.3 Å². The zero-order valence-electron chi connectivity index (χ0n) is 10.7. The number of hydrogen-bond acceptors (Lipinski definition) is 5. The van der Waals surface area contributed by atoms with Gasteiger partial charge in [-0.25, -0.2) is 4.98 Å². The lowest BCUT2D eigenvalue weighted by molar-refractivity contribution is 0.446. The normalized spacial score (nSPS) is 19.0. The molecule has 0 saturated heterocycles. The number of nitrogens with one attached hydrogen (secondary N) is 2. The van der Waals surface area contributed by atoms with Gasteiger partial charge in [-0.05, 0) is 20.3 Å². The van der Waals surface area contributed by atoms with Crippen LogP contribution in [0.15, 0.2) is 9.41 Å². The van der Waals surface area contributed by atoms with Crippen LogP contribution in [0.1, 0.15) is 37.6 Å². The molecule has 17 heavy (non-hydrogen) atoms. The lowest BCUT2D eigenvalue weighted by Crippen LogP contribution is -2.37. The van der Waals surface area contributed by atoms with Gasteiger partial charge in [0, 0.05) is 12.5 Å². The third-order valence-corrected chi connectivity index (χ3v) is 2.72. The molecular formula is C12H20N4O. The summed E-state index contributed by atoms with van der Waals surface area (Å²) in [5.74, 6) is 2.58. The first-order valence-electron chi connectivity index (χ1n) is 6.19. The number of guanidine groups is 1. The summed E-state index contributed by atoms with van der Waals surface area (Å²) in [5.41, 5.74) is 0.965. The van der Waals surface area contributed by atoms with Crippen molar-refractivity contribution in [2.75, 3.05) is 6.54 Å². The van der Waals surface area contributed by atoms with Gasteiger partial charge in [0.2, 0.25) is 0 Å². The van der Waals surface area contributed by atoms with E-state index in [0.717, 1.165) is 42.7 Å². The van der Waals surface area contributed by atoms with Gasteiger partial charge in [0.05, 0.1) is 18.8 Å². The minimum Gasteiger partial charge on any atom is -0.444 e. The lowest BCUT2D eigenvalue weighted by Gasteiger charge is -2.07. The number of hydrogen-bond donors (Lipinski definition) is 2. The number of aromatic nitrogens is 1. The number of nitrogens with zero attached hydrogens (tertiary/aromatic N) is 2. The molecule has 2 heterocycles. The first-order chi connectivity index (χ1) is 8.19. The average molecular weight is 236 g/mol. The standard InChI is InChI=1S/C12H20N4O/c1-4-5-11-16-9(3)10(17-11)7-14-12-13-6-8(2)15-12/h8H,4-7H2,1-3H3,(H2,13,14,15). The molecule has 0 aromatic carbocycles. The van der Waals surface area contributed by atoms with E-state index in [1.54, 1.807) is 0 Å². The Labute approximate surface area is 102 Å². The fourth-order valence-corrected chi connectivity index (χ4v) is 1.80. The van der Waals surface area contributed by atoms with E-state index in [1.165, 1.54) is 0 Å². The van der Waals surface area contributed by atoms with Gasteiger partial charge in [0.25, 0.3) is 0 Å². The van der Waals surface area contributed by atoms with E-state index >= 15 is 0 Å². The highest BCUT2D eigenvalue weighted by molar-refractivity contribution is 5.81. The van der Waals surface area contributed by atoms with Gasteiger partial charge in [-0.1, -0.05) is 6.92 Å². The van der Waals surface area contributed by atoms with Crippen LogP contribution in [0.5, 0.6) is 0 Å². The molecule has 2 N–H and O–H groups in total. The molecule has 0 radical (unpaired) electrons. The molecule has 1 aromatic rings. The van der Waals surface area contributed by atoms with Crippen molar-refractivity contribution < 1.29 is 4.42 Å². The van der Waals surface area contributed by atoms with Crippen LogP contribution in [0.2, 0.25) is 0 Å². The molecular weight excluding hydrogens is 216 g/mol. The van der Waals surface area contributed by atoms with Crippen LogP contribution < -0.4 is 10.6 Å². The molecule has 2 rings (SSSR count). The number of oxazole rings is 1. The predicted molar refractivity (Wildman–Crippen MR) is 67.0 cm³/mol. The highest BCUT2D eigenvalue weighted by atomic mass is 16.4. The van der Waals surface area contributed by atoms with Crippen LogP contribution in [0, 0.1) is 6.92 Å². The van der Waals surface area contributed by atoms with E-state index in [9.17, 15) is 0 Å². The molecule has 0 saturated carbocycles. The monoisotopic (exact) mass is 236 g/mol. The minimum absolute atomic E-state index is 0.420. The van der Waals surface area contributed by atoms with Crippen LogP contribution in [-0.4, -0.2) is 23.5 Å². The van der Waals surface area contributed by atoms with Crippen molar-refractivity contribution in [1.29, 1.82) is 0 Å². The Balaban J connectivity index is 1.90. The largest absolute Gasteiger partial charge is 0.444 e. The SMILES string of the molecule is CCCc1nc(C)c(CNC2=NCC(C)N2)o1. The summed E-state index contributed by atoms with van der Waals surface area (Å²) in [6, 6.07) is 0.420. The second-order valence-corrected chi connectivity index (χ2v) is 4.45. The van der Waals surface area contributed by atoms with Gasteiger partial charge >= 0.3 is 0 Å². The minimum atomic E-state index is 0.420. The quantitative estimate of drug-likeness (QED) is 0.829. The zero-order chi connectivity index (χ0) is 12.3. The molecule has 0 spiro atoms. The van der Waals surface area contributed by atoms with Gasteiger partial charge in [0.15, 0.2) is 11.9 Å². The first-order valence-corrected chi connectivity index (χ1v) is 6.19. The summed E-state index contributed by atoms with van der Waals surface area (Å²) < 4.78 is 5.69. The van der Waals surface area contributed by atoms with Gasteiger partial charge in [0.1, 0.15) is 5.76 Å². The second-order valence-electron chi connectivity index (χ2n) is 4.45. The van der Waals surface area contributed by atoms with Crippen LogP contribution in [0.4, 0.5) is 0 Å². The van der Waals surface area contributed by atoms with E-state index < -0.39 is 0 Å². The molecule has 94 valence electrons. The van der Waals surface area contributed by atoms with Crippen molar-refractivity contribution in [2.24, 2.45) is 4.99 Å². The van der Waals surface area contributed by atoms with E-state index in [4.69, 9.17) is 4.42 Å². The fourth-order valence-electron chi connectivity index (χ4n) is 1.80. The van der Waals surface area contributed by atoms with E-state index in [2.05, 4.69) is 34.5 Å². The van der Waals surface area contributed by atoms with Crippen LogP contribution in [0.25, 0.3) is 0 Å². The molecule has 0 fully saturated rings. The molecule has 1 aromatic heterocycles. The Hall–Kier alpha value is -1.52. The Morgan fingerprint density at radius 3 is 3.00 bits per heavy atom. The number of aliphatic imine (C=N–C) groups is 1. The van der Waals surface area contributed by atoms with Crippen molar-refractivity contribution in [2.45, 2.75) is 46.2 Å². The lowest BCUT2D eigenvalue weighted by atomic mass is 10.3. The van der Waals surface area contributed by atoms with Gasteiger partial charge in [-0.2, -0.15) is 0 Å². The zero-order valence-corrected chi connectivity index (χ0v) is 10.7. The Kier molecular flexibility index (Phi) is 3.66. The Bertz CT molecular complexity index is 411. The molecule has 1 aliphatic heterocycles. The van der Waals surface area contributed by atoms with Crippen molar-refractivity contribution in [3.63, 3.8) is 0 Å². The highest BCUT2D eigenvalue weighted by Gasteiger charge is 2.14. The maximum atomic E-state index is 5.69. The highest BCUT2D eigenvalue weighted by Crippen LogP contribution is 2.11. The smallest absolute Gasteiger partial charge is 0.194 e. The summed E-state index contributed by atoms with van der Waals surface area (Å²) in [4.78, 5) is 8.73. The molecule has 0 amide bonds. The van der Waals surface area contributed by atoms with E-state index in [-0.39, 0.29) is 0 Å². The molecule has 1 atom stereocenters. The third-order valence-electron chi connectivity index (χ3n) is 2.72. The average Bonchev–Trinajstić information content (AvgIpc) is 2.83. The number of rotatable bonds is 4. The maximum Gasteiger partial charge on any atom is 0.194 e.